The van der Waals surface area contributed by atoms with Gasteiger partial charge in [-0.15, -0.1) is 0 Å². The van der Waals surface area contributed by atoms with Crippen LogP contribution in [0.3, 0.4) is 0 Å². The maximum absolute atomic E-state index is 5.85. The molecule has 0 bridgehead atoms. The Kier molecular flexibility index (Phi) is 2.61. The lowest BCUT2D eigenvalue weighted by Gasteiger charge is -2.11. The molecule has 0 amide bonds. The number of para-hydroxylation sites is 1. The Morgan fingerprint density at radius 3 is 2.94 bits per heavy atom. The Labute approximate surface area is 100 Å². The van der Waals surface area contributed by atoms with Gasteiger partial charge in [0.05, 0.1) is 6.26 Å². The summed E-state index contributed by atoms with van der Waals surface area (Å²) < 4.78 is 11.2. The second kappa shape index (κ2) is 4.26. The predicted octanol–water partition coefficient (Wildman–Crippen LogP) is 2.74. The second-order valence-corrected chi connectivity index (χ2v) is 4.21. The Hall–Kier alpha value is -1.74. The van der Waals surface area contributed by atoms with Gasteiger partial charge in [-0.25, -0.2) is 0 Å². The molecule has 1 N–H and O–H groups in total. The number of hydrogen-bond acceptors (Lipinski definition) is 3. The lowest BCUT2D eigenvalue weighted by molar-refractivity contribution is 0.327. The number of furan rings is 1. The Morgan fingerprint density at radius 1 is 1.18 bits per heavy atom. The van der Waals surface area contributed by atoms with Crippen molar-refractivity contribution >= 4 is 0 Å². The van der Waals surface area contributed by atoms with Gasteiger partial charge in [0, 0.05) is 29.8 Å². The zero-order valence-corrected chi connectivity index (χ0v) is 9.82. The van der Waals surface area contributed by atoms with E-state index in [1.54, 1.807) is 6.26 Å². The van der Waals surface area contributed by atoms with E-state index in [4.69, 9.17) is 9.15 Å². The first-order valence-electron chi connectivity index (χ1n) is 5.86. The summed E-state index contributed by atoms with van der Waals surface area (Å²) in [5, 5.41) is 3.34. The molecular formula is C14H15NO2. The van der Waals surface area contributed by atoms with Gasteiger partial charge in [-0.3, -0.25) is 0 Å². The molecule has 3 heteroatoms. The molecule has 0 saturated carbocycles. The first-order chi connectivity index (χ1) is 8.36. The second-order valence-electron chi connectivity index (χ2n) is 4.21. The summed E-state index contributed by atoms with van der Waals surface area (Å²) >= 11 is 0. The molecule has 0 radical (unpaired) electrons. The van der Waals surface area contributed by atoms with Crippen LogP contribution in [0.25, 0.3) is 11.1 Å². The summed E-state index contributed by atoms with van der Waals surface area (Å²) in [5.74, 6) is 1.92. The van der Waals surface area contributed by atoms with Crippen molar-refractivity contribution in [1.29, 1.82) is 0 Å². The highest BCUT2D eigenvalue weighted by Gasteiger charge is 2.16. The summed E-state index contributed by atoms with van der Waals surface area (Å²) in [6, 6.07) is 8.25. The topological polar surface area (TPSA) is 34.4 Å². The van der Waals surface area contributed by atoms with E-state index in [-0.39, 0.29) is 0 Å². The highest BCUT2D eigenvalue weighted by atomic mass is 16.5. The molecule has 0 saturated heterocycles. The molecule has 1 aromatic heterocycles. The van der Waals surface area contributed by atoms with Crippen LogP contribution >= 0.6 is 0 Å². The van der Waals surface area contributed by atoms with Crippen LogP contribution < -0.4 is 10.1 Å². The van der Waals surface area contributed by atoms with Gasteiger partial charge in [-0.2, -0.15) is 0 Å². The standard InChI is InChI=1S/C14H15NO2/c1-10-12(5-7-16-10)13-4-2-3-11-9-15-6-8-17-14(11)13/h2-5,7,15H,6,8-9H2,1H3. The van der Waals surface area contributed by atoms with Crippen molar-refractivity contribution in [2.75, 3.05) is 13.2 Å². The highest BCUT2D eigenvalue weighted by Crippen LogP contribution is 2.36. The third-order valence-electron chi connectivity index (χ3n) is 3.09. The third-order valence-corrected chi connectivity index (χ3v) is 3.09. The monoisotopic (exact) mass is 229 g/mol. The van der Waals surface area contributed by atoms with Gasteiger partial charge in [0.2, 0.25) is 0 Å². The van der Waals surface area contributed by atoms with Gasteiger partial charge < -0.3 is 14.5 Å². The van der Waals surface area contributed by atoms with Gasteiger partial charge in [-0.1, -0.05) is 18.2 Å². The number of benzene rings is 1. The smallest absolute Gasteiger partial charge is 0.131 e. The summed E-state index contributed by atoms with van der Waals surface area (Å²) in [4.78, 5) is 0. The van der Waals surface area contributed by atoms with E-state index in [0.29, 0.717) is 6.61 Å². The van der Waals surface area contributed by atoms with E-state index in [0.717, 1.165) is 35.7 Å². The Morgan fingerprint density at radius 2 is 2.12 bits per heavy atom. The molecule has 2 heterocycles. The molecule has 0 fully saturated rings. The Balaban J connectivity index is 2.14. The van der Waals surface area contributed by atoms with Crippen molar-refractivity contribution in [3.8, 4) is 16.9 Å². The molecule has 0 aliphatic carbocycles. The van der Waals surface area contributed by atoms with Crippen LogP contribution in [0.1, 0.15) is 11.3 Å². The fourth-order valence-electron chi connectivity index (χ4n) is 2.22. The first kappa shape index (κ1) is 10.4. The molecule has 3 rings (SSSR count). The number of ether oxygens (including phenoxy) is 1. The normalized spacial score (nSPS) is 14.9. The van der Waals surface area contributed by atoms with Crippen LogP contribution in [0.5, 0.6) is 5.75 Å². The fourth-order valence-corrected chi connectivity index (χ4v) is 2.22. The minimum Gasteiger partial charge on any atom is -0.491 e. The molecule has 0 atom stereocenters. The number of hydrogen-bond donors (Lipinski definition) is 1. The summed E-state index contributed by atoms with van der Waals surface area (Å²) in [5.41, 5.74) is 3.45. The third kappa shape index (κ3) is 1.83. The van der Waals surface area contributed by atoms with Crippen molar-refractivity contribution < 1.29 is 9.15 Å². The zero-order valence-electron chi connectivity index (χ0n) is 9.82. The van der Waals surface area contributed by atoms with Crippen LogP contribution in [0.2, 0.25) is 0 Å². The molecule has 2 aromatic rings. The largest absolute Gasteiger partial charge is 0.491 e. The SMILES string of the molecule is Cc1occc1-c1cccc2c1OCCNC2. The molecule has 0 unspecified atom stereocenters. The summed E-state index contributed by atoms with van der Waals surface area (Å²) in [6.45, 7) is 4.43. The van der Waals surface area contributed by atoms with Crippen LogP contribution in [-0.2, 0) is 6.54 Å². The summed E-state index contributed by atoms with van der Waals surface area (Å²) in [6.07, 6.45) is 1.72. The molecule has 1 aromatic carbocycles. The number of nitrogens with one attached hydrogen (secondary N) is 1. The zero-order chi connectivity index (χ0) is 11.7. The molecule has 17 heavy (non-hydrogen) atoms. The van der Waals surface area contributed by atoms with Crippen LogP contribution in [0.4, 0.5) is 0 Å². The molecular weight excluding hydrogens is 214 g/mol. The number of fused-ring (bicyclic) bond motifs is 1. The van der Waals surface area contributed by atoms with Crippen LogP contribution in [0, 0.1) is 6.92 Å². The van der Waals surface area contributed by atoms with Gasteiger partial charge in [-0.05, 0) is 13.0 Å². The number of aryl methyl sites for hydroxylation is 1. The molecule has 1 aliphatic heterocycles. The Bertz CT molecular complexity index is 531. The predicted molar refractivity (Wildman–Crippen MR) is 66.1 cm³/mol. The molecule has 1 aliphatic rings. The lowest BCUT2D eigenvalue weighted by atomic mass is 10.0. The van der Waals surface area contributed by atoms with Crippen molar-refractivity contribution in [1.82, 2.24) is 5.32 Å². The number of rotatable bonds is 1. The van der Waals surface area contributed by atoms with Crippen molar-refractivity contribution in [3.63, 3.8) is 0 Å². The van der Waals surface area contributed by atoms with E-state index in [1.165, 1.54) is 5.56 Å². The summed E-state index contributed by atoms with van der Waals surface area (Å²) in [7, 11) is 0. The van der Waals surface area contributed by atoms with Crippen molar-refractivity contribution in [2.24, 2.45) is 0 Å². The quantitative estimate of drug-likeness (QED) is 0.816. The van der Waals surface area contributed by atoms with Crippen LogP contribution in [0.15, 0.2) is 34.9 Å². The average Bonchev–Trinajstić information content (AvgIpc) is 2.63. The van der Waals surface area contributed by atoms with Gasteiger partial charge in [0.25, 0.3) is 0 Å². The average molecular weight is 229 g/mol. The highest BCUT2D eigenvalue weighted by molar-refractivity contribution is 5.73. The molecule has 3 nitrogen and oxygen atoms in total. The lowest BCUT2D eigenvalue weighted by Crippen LogP contribution is -2.16. The minimum absolute atomic E-state index is 0.709. The van der Waals surface area contributed by atoms with E-state index in [2.05, 4.69) is 23.5 Å². The van der Waals surface area contributed by atoms with Gasteiger partial charge in [0.15, 0.2) is 0 Å². The fraction of sp³-hybridized carbons (Fsp3) is 0.286. The maximum atomic E-state index is 5.85. The first-order valence-corrected chi connectivity index (χ1v) is 5.86. The molecule has 88 valence electrons. The van der Waals surface area contributed by atoms with E-state index < -0.39 is 0 Å². The van der Waals surface area contributed by atoms with Crippen molar-refractivity contribution in [2.45, 2.75) is 13.5 Å². The maximum Gasteiger partial charge on any atom is 0.131 e. The van der Waals surface area contributed by atoms with Crippen molar-refractivity contribution in [3.05, 3.63) is 41.9 Å². The van der Waals surface area contributed by atoms with Gasteiger partial charge >= 0.3 is 0 Å². The van der Waals surface area contributed by atoms with Gasteiger partial charge in [0.1, 0.15) is 18.1 Å². The van der Waals surface area contributed by atoms with Crippen LogP contribution in [-0.4, -0.2) is 13.2 Å². The van der Waals surface area contributed by atoms with E-state index in [1.807, 2.05) is 13.0 Å². The molecule has 0 spiro atoms. The van der Waals surface area contributed by atoms with E-state index >= 15 is 0 Å². The van der Waals surface area contributed by atoms with E-state index in [9.17, 15) is 0 Å². The minimum atomic E-state index is 0.709.